The standard InChI is InChI=1S/C19H17ClN2O3/c1-11-4-7-16(12(2)8-11)19(24)25-13(3)18(23)22-15-6-5-14(10-21)17(20)9-15/h4-9,13H,1-3H3,(H,22,23). The Morgan fingerprint density at radius 2 is 1.92 bits per heavy atom. The molecule has 0 aromatic heterocycles. The smallest absolute Gasteiger partial charge is 0.339 e. The van der Waals surface area contributed by atoms with E-state index in [1.807, 2.05) is 32.0 Å². The number of ether oxygens (including phenoxy) is 1. The van der Waals surface area contributed by atoms with E-state index in [-0.39, 0.29) is 5.02 Å². The van der Waals surface area contributed by atoms with E-state index in [0.717, 1.165) is 11.1 Å². The molecule has 6 heteroatoms. The predicted molar refractivity (Wildman–Crippen MR) is 95.6 cm³/mol. The summed E-state index contributed by atoms with van der Waals surface area (Å²) in [5.74, 6) is -1.04. The van der Waals surface area contributed by atoms with E-state index in [1.165, 1.54) is 19.1 Å². The molecule has 0 aliphatic heterocycles. The summed E-state index contributed by atoms with van der Waals surface area (Å²) in [4.78, 5) is 24.4. The molecule has 1 atom stereocenters. The summed E-state index contributed by atoms with van der Waals surface area (Å²) in [5.41, 5.74) is 2.98. The number of aryl methyl sites for hydroxylation is 2. The molecule has 2 aromatic carbocycles. The van der Waals surface area contributed by atoms with E-state index < -0.39 is 18.0 Å². The fraction of sp³-hybridized carbons (Fsp3) is 0.211. The first-order valence-electron chi connectivity index (χ1n) is 7.60. The van der Waals surface area contributed by atoms with Gasteiger partial charge in [0.1, 0.15) is 6.07 Å². The zero-order valence-corrected chi connectivity index (χ0v) is 14.8. The third kappa shape index (κ3) is 4.59. The van der Waals surface area contributed by atoms with Crippen LogP contribution in [0.3, 0.4) is 0 Å². The summed E-state index contributed by atoms with van der Waals surface area (Å²) in [6.45, 7) is 5.23. The van der Waals surface area contributed by atoms with Crippen LogP contribution in [0.2, 0.25) is 5.02 Å². The van der Waals surface area contributed by atoms with Crippen molar-refractivity contribution in [2.24, 2.45) is 0 Å². The van der Waals surface area contributed by atoms with Crippen LogP contribution in [0.15, 0.2) is 36.4 Å². The maximum absolute atomic E-state index is 12.2. The highest BCUT2D eigenvalue weighted by Gasteiger charge is 2.20. The number of esters is 1. The number of benzene rings is 2. The first-order valence-corrected chi connectivity index (χ1v) is 7.98. The van der Waals surface area contributed by atoms with Crippen LogP contribution in [0.25, 0.3) is 0 Å². The molecule has 2 aromatic rings. The Balaban J connectivity index is 2.04. The van der Waals surface area contributed by atoms with Gasteiger partial charge in [0.15, 0.2) is 6.10 Å². The lowest BCUT2D eigenvalue weighted by atomic mass is 10.1. The van der Waals surface area contributed by atoms with Crippen LogP contribution in [0, 0.1) is 25.2 Å². The van der Waals surface area contributed by atoms with Crippen molar-refractivity contribution in [2.75, 3.05) is 5.32 Å². The van der Waals surface area contributed by atoms with Crippen molar-refractivity contribution in [2.45, 2.75) is 26.9 Å². The molecule has 1 amide bonds. The lowest BCUT2D eigenvalue weighted by Crippen LogP contribution is -2.30. The molecule has 0 aliphatic rings. The van der Waals surface area contributed by atoms with Gasteiger partial charge in [0.05, 0.1) is 16.1 Å². The summed E-state index contributed by atoms with van der Waals surface area (Å²) in [6, 6.07) is 11.8. The van der Waals surface area contributed by atoms with Crippen molar-refractivity contribution in [1.82, 2.24) is 0 Å². The molecule has 5 nitrogen and oxygen atoms in total. The normalized spacial score (nSPS) is 11.3. The van der Waals surface area contributed by atoms with Gasteiger partial charge in [-0.2, -0.15) is 5.26 Å². The Morgan fingerprint density at radius 3 is 2.52 bits per heavy atom. The zero-order valence-electron chi connectivity index (χ0n) is 14.1. The SMILES string of the molecule is Cc1ccc(C(=O)OC(C)C(=O)Nc2ccc(C#N)c(Cl)c2)c(C)c1. The third-order valence-corrected chi connectivity index (χ3v) is 3.92. The number of amides is 1. The number of hydrogen-bond acceptors (Lipinski definition) is 4. The fourth-order valence-electron chi connectivity index (χ4n) is 2.25. The first-order chi connectivity index (χ1) is 11.8. The van der Waals surface area contributed by atoms with Crippen molar-refractivity contribution in [1.29, 1.82) is 5.26 Å². The highest BCUT2D eigenvalue weighted by molar-refractivity contribution is 6.32. The number of nitrogens with zero attached hydrogens (tertiary/aromatic N) is 1. The van der Waals surface area contributed by atoms with E-state index in [2.05, 4.69) is 5.32 Å². The molecule has 0 radical (unpaired) electrons. The van der Waals surface area contributed by atoms with Crippen LogP contribution < -0.4 is 5.32 Å². The van der Waals surface area contributed by atoms with Crippen LogP contribution in [0.5, 0.6) is 0 Å². The van der Waals surface area contributed by atoms with Crippen molar-refractivity contribution in [3.63, 3.8) is 0 Å². The minimum Gasteiger partial charge on any atom is -0.449 e. The second kappa shape index (κ2) is 7.82. The molecule has 0 fully saturated rings. The lowest BCUT2D eigenvalue weighted by molar-refractivity contribution is -0.123. The average molecular weight is 357 g/mol. The van der Waals surface area contributed by atoms with Crippen LogP contribution >= 0.6 is 11.6 Å². The highest BCUT2D eigenvalue weighted by Crippen LogP contribution is 2.20. The summed E-state index contributed by atoms with van der Waals surface area (Å²) in [6.07, 6.45) is -0.984. The Bertz CT molecular complexity index is 871. The van der Waals surface area contributed by atoms with Gasteiger partial charge in [0.25, 0.3) is 5.91 Å². The van der Waals surface area contributed by atoms with Crippen LogP contribution in [-0.2, 0) is 9.53 Å². The van der Waals surface area contributed by atoms with Gasteiger partial charge in [0, 0.05) is 5.69 Å². The number of nitrogens with one attached hydrogen (secondary N) is 1. The monoisotopic (exact) mass is 356 g/mol. The second-order valence-electron chi connectivity index (χ2n) is 5.66. The molecule has 1 unspecified atom stereocenters. The van der Waals surface area contributed by atoms with Crippen molar-refractivity contribution >= 4 is 29.2 Å². The molecule has 0 saturated heterocycles. The van der Waals surface area contributed by atoms with Gasteiger partial charge in [-0.15, -0.1) is 0 Å². The van der Waals surface area contributed by atoms with Gasteiger partial charge in [-0.1, -0.05) is 29.3 Å². The largest absolute Gasteiger partial charge is 0.449 e. The van der Waals surface area contributed by atoms with E-state index in [1.54, 1.807) is 12.1 Å². The molecule has 0 bridgehead atoms. The third-order valence-electron chi connectivity index (χ3n) is 3.61. The van der Waals surface area contributed by atoms with Crippen molar-refractivity contribution < 1.29 is 14.3 Å². The molecular weight excluding hydrogens is 340 g/mol. The van der Waals surface area contributed by atoms with Gasteiger partial charge in [0.2, 0.25) is 0 Å². The number of hydrogen-bond donors (Lipinski definition) is 1. The maximum Gasteiger partial charge on any atom is 0.339 e. The summed E-state index contributed by atoms with van der Waals surface area (Å²) in [5, 5.41) is 11.7. The summed E-state index contributed by atoms with van der Waals surface area (Å²) >= 11 is 5.93. The number of anilines is 1. The number of carbonyl (C=O) groups is 2. The second-order valence-corrected chi connectivity index (χ2v) is 6.07. The molecular formula is C19H17ClN2O3. The minimum absolute atomic E-state index is 0.236. The number of nitriles is 1. The van der Waals surface area contributed by atoms with Crippen molar-refractivity contribution in [3.05, 3.63) is 63.7 Å². The number of halogens is 1. The predicted octanol–water partition coefficient (Wildman–Crippen LogP) is 4.01. The molecule has 0 aliphatic carbocycles. The van der Waals surface area contributed by atoms with Gasteiger partial charge in [-0.3, -0.25) is 4.79 Å². The first kappa shape index (κ1) is 18.5. The number of rotatable bonds is 4. The molecule has 1 N–H and O–H groups in total. The van der Waals surface area contributed by atoms with E-state index >= 15 is 0 Å². The highest BCUT2D eigenvalue weighted by atomic mass is 35.5. The van der Waals surface area contributed by atoms with Crippen LogP contribution in [0.1, 0.15) is 34.0 Å². The topological polar surface area (TPSA) is 79.2 Å². The molecule has 0 heterocycles. The summed E-state index contributed by atoms with van der Waals surface area (Å²) < 4.78 is 5.23. The molecule has 0 saturated carbocycles. The summed E-state index contributed by atoms with van der Waals surface area (Å²) in [7, 11) is 0. The Kier molecular flexibility index (Phi) is 5.79. The van der Waals surface area contributed by atoms with Gasteiger partial charge in [-0.05, 0) is 50.6 Å². The zero-order chi connectivity index (χ0) is 18.6. The Morgan fingerprint density at radius 1 is 1.20 bits per heavy atom. The van der Waals surface area contributed by atoms with Gasteiger partial charge >= 0.3 is 5.97 Å². The van der Waals surface area contributed by atoms with Crippen LogP contribution in [-0.4, -0.2) is 18.0 Å². The lowest BCUT2D eigenvalue weighted by Gasteiger charge is -2.15. The Hall–Kier alpha value is -2.84. The average Bonchev–Trinajstić information content (AvgIpc) is 2.54. The molecule has 128 valence electrons. The van der Waals surface area contributed by atoms with Crippen LogP contribution in [0.4, 0.5) is 5.69 Å². The minimum atomic E-state index is -0.984. The quantitative estimate of drug-likeness (QED) is 0.839. The molecule has 2 rings (SSSR count). The molecule has 25 heavy (non-hydrogen) atoms. The van der Waals surface area contributed by atoms with E-state index in [9.17, 15) is 9.59 Å². The molecule has 0 spiro atoms. The van der Waals surface area contributed by atoms with E-state index in [4.69, 9.17) is 21.6 Å². The fourth-order valence-corrected chi connectivity index (χ4v) is 2.47. The van der Waals surface area contributed by atoms with Gasteiger partial charge in [-0.25, -0.2) is 4.79 Å². The maximum atomic E-state index is 12.2. The van der Waals surface area contributed by atoms with Gasteiger partial charge < -0.3 is 10.1 Å². The van der Waals surface area contributed by atoms with E-state index in [0.29, 0.717) is 16.8 Å². The van der Waals surface area contributed by atoms with Crippen molar-refractivity contribution in [3.8, 4) is 6.07 Å². The number of carbonyl (C=O) groups excluding carboxylic acids is 2. The Labute approximate surface area is 151 Å².